The van der Waals surface area contributed by atoms with Crippen LogP contribution in [0.1, 0.15) is 21.5 Å². The van der Waals surface area contributed by atoms with Gasteiger partial charge in [0.2, 0.25) is 0 Å². The number of ether oxygens (including phenoxy) is 2. The summed E-state index contributed by atoms with van der Waals surface area (Å²) in [4.78, 5) is 16.5. The molecule has 0 aliphatic carbocycles. The monoisotopic (exact) mass is 426 g/mol. The molecule has 1 aromatic heterocycles. The number of nitrogens with one attached hydrogen (secondary N) is 1. The van der Waals surface area contributed by atoms with Crippen molar-refractivity contribution in [3.63, 3.8) is 0 Å². The maximum atomic E-state index is 12.5. The minimum atomic E-state index is -3.13. The molecule has 1 N–H and O–H groups in total. The first kappa shape index (κ1) is 21.3. The van der Waals surface area contributed by atoms with Gasteiger partial charge in [-0.05, 0) is 47.5 Å². The minimum absolute atomic E-state index is 0.0639. The summed E-state index contributed by atoms with van der Waals surface area (Å²) in [6.07, 6.45) is 4.55. The first-order chi connectivity index (χ1) is 14.3. The number of anilines is 1. The quantitative estimate of drug-likeness (QED) is 0.593. The molecule has 0 fully saturated rings. The van der Waals surface area contributed by atoms with E-state index in [1.54, 1.807) is 62.0 Å². The molecule has 0 saturated carbocycles. The van der Waals surface area contributed by atoms with Gasteiger partial charge in [0, 0.05) is 36.0 Å². The molecular formula is C22H22N2O5S. The summed E-state index contributed by atoms with van der Waals surface area (Å²) >= 11 is 0. The molecule has 0 aliphatic heterocycles. The summed E-state index contributed by atoms with van der Waals surface area (Å²) in [5, 5.41) is 2.81. The van der Waals surface area contributed by atoms with Crippen LogP contribution >= 0.6 is 0 Å². The summed E-state index contributed by atoms with van der Waals surface area (Å²) in [5.74, 6) is 0.667. The molecule has 30 heavy (non-hydrogen) atoms. The van der Waals surface area contributed by atoms with Crippen LogP contribution in [0.3, 0.4) is 0 Å². The van der Waals surface area contributed by atoms with Crippen LogP contribution in [0, 0.1) is 0 Å². The van der Waals surface area contributed by atoms with Crippen LogP contribution in [-0.4, -0.2) is 32.7 Å². The number of carbonyl (C=O) groups excluding carboxylic acids is 1. The number of methoxy groups -OCH3 is 1. The Morgan fingerprint density at radius 1 is 0.967 bits per heavy atom. The largest absolute Gasteiger partial charge is 0.493 e. The molecule has 3 aromatic rings. The molecular weight excluding hydrogens is 404 g/mol. The summed E-state index contributed by atoms with van der Waals surface area (Å²) in [6.45, 7) is 0.331. The smallest absolute Gasteiger partial charge is 0.255 e. The first-order valence-electron chi connectivity index (χ1n) is 9.12. The number of carbonyl (C=O) groups is 1. The average Bonchev–Trinajstić information content (AvgIpc) is 2.72. The lowest BCUT2D eigenvalue weighted by Gasteiger charge is -2.13. The van der Waals surface area contributed by atoms with Crippen molar-refractivity contribution in [1.29, 1.82) is 0 Å². The Morgan fingerprint density at radius 3 is 2.30 bits per heavy atom. The van der Waals surface area contributed by atoms with E-state index in [2.05, 4.69) is 10.3 Å². The SMILES string of the molecule is COc1ccc(NC(=O)c2ccc(CS(C)(=O)=O)cc2)cc1OCc1ccncc1. The van der Waals surface area contributed by atoms with Crippen molar-refractivity contribution in [2.75, 3.05) is 18.7 Å². The van der Waals surface area contributed by atoms with E-state index in [0.717, 1.165) is 5.56 Å². The molecule has 2 aromatic carbocycles. The molecule has 0 atom stereocenters. The van der Waals surface area contributed by atoms with Gasteiger partial charge >= 0.3 is 0 Å². The van der Waals surface area contributed by atoms with E-state index in [-0.39, 0.29) is 11.7 Å². The molecule has 156 valence electrons. The third-order valence-corrected chi connectivity index (χ3v) is 5.07. The number of pyridine rings is 1. The molecule has 0 bridgehead atoms. The highest BCUT2D eigenvalue weighted by atomic mass is 32.2. The number of benzene rings is 2. The predicted molar refractivity (Wildman–Crippen MR) is 115 cm³/mol. The summed E-state index contributed by atoms with van der Waals surface area (Å²) in [6, 6.07) is 15.3. The van der Waals surface area contributed by atoms with Gasteiger partial charge in [-0.25, -0.2) is 8.42 Å². The van der Waals surface area contributed by atoms with Crippen molar-refractivity contribution in [1.82, 2.24) is 4.98 Å². The van der Waals surface area contributed by atoms with Crippen LogP contribution in [0.25, 0.3) is 0 Å². The number of hydrogen-bond acceptors (Lipinski definition) is 6. The van der Waals surface area contributed by atoms with Crippen molar-refractivity contribution in [2.45, 2.75) is 12.4 Å². The second-order valence-corrected chi connectivity index (χ2v) is 8.87. The fourth-order valence-electron chi connectivity index (χ4n) is 2.77. The Kier molecular flexibility index (Phi) is 6.68. The Bertz CT molecular complexity index is 1110. The Labute approximate surface area is 175 Å². The molecule has 0 spiro atoms. The molecule has 1 heterocycles. The highest BCUT2D eigenvalue weighted by Gasteiger charge is 2.11. The maximum absolute atomic E-state index is 12.5. The van der Waals surface area contributed by atoms with Gasteiger partial charge in [0.25, 0.3) is 5.91 Å². The molecule has 0 aliphatic rings. The van der Waals surface area contributed by atoms with Crippen LogP contribution in [0.4, 0.5) is 5.69 Å². The van der Waals surface area contributed by atoms with Crippen molar-refractivity contribution in [2.24, 2.45) is 0 Å². The van der Waals surface area contributed by atoms with Gasteiger partial charge in [0.05, 0.1) is 12.9 Å². The lowest BCUT2D eigenvalue weighted by Crippen LogP contribution is -2.12. The number of sulfone groups is 1. The number of amides is 1. The van der Waals surface area contributed by atoms with E-state index in [0.29, 0.717) is 34.9 Å². The van der Waals surface area contributed by atoms with Gasteiger partial charge in [-0.1, -0.05) is 12.1 Å². The second kappa shape index (κ2) is 9.41. The van der Waals surface area contributed by atoms with E-state index >= 15 is 0 Å². The van der Waals surface area contributed by atoms with Gasteiger partial charge < -0.3 is 14.8 Å². The Morgan fingerprint density at radius 2 is 1.67 bits per heavy atom. The van der Waals surface area contributed by atoms with Crippen LogP contribution in [-0.2, 0) is 22.2 Å². The molecule has 7 nitrogen and oxygen atoms in total. The number of nitrogens with zero attached hydrogens (tertiary/aromatic N) is 1. The fraction of sp³-hybridized carbons (Fsp3) is 0.182. The first-order valence-corrected chi connectivity index (χ1v) is 11.2. The third-order valence-electron chi connectivity index (χ3n) is 4.21. The van der Waals surface area contributed by atoms with E-state index in [1.165, 1.54) is 6.26 Å². The van der Waals surface area contributed by atoms with E-state index in [1.807, 2.05) is 12.1 Å². The number of hydrogen-bond donors (Lipinski definition) is 1. The van der Waals surface area contributed by atoms with Crippen LogP contribution in [0.5, 0.6) is 11.5 Å². The van der Waals surface area contributed by atoms with Crippen molar-refractivity contribution in [3.05, 3.63) is 83.7 Å². The van der Waals surface area contributed by atoms with Gasteiger partial charge in [-0.3, -0.25) is 9.78 Å². The molecule has 1 amide bonds. The highest BCUT2D eigenvalue weighted by Crippen LogP contribution is 2.31. The zero-order valence-electron chi connectivity index (χ0n) is 16.7. The fourth-order valence-corrected chi connectivity index (χ4v) is 3.56. The number of aromatic nitrogens is 1. The van der Waals surface area contributed by atoms with Crippen molar-refractivity contribution >= 4 is 21.4 Å². The molecule has 8 heteroatoms. The predicted octanol–water partition coefficient (Wildman–Crippen LogP) is 3.47. The van der Waals surface area contributed by atoms with Crippen LogP contribution < -0.4 is 14.8 Å². The molecule has 0 radical (unpaired) electrons. The zero-order chi connectivity index (χ0) is 21.6. The lowest BCUT2D eigenvalue weighted by atomic mass is 10.1. The van der Waals surface area contributed by atoms with Gasteiger partial charge in [0.1, 0.15) is 6.61 Å². The summed E-state index contributed by atoms with van der Waals surface area (Å²) in [7, 11) is -1.58. The van der Waals surface area contributed by atoms with Gasteiger partial charge in [-0.15, -0.1) is 0 Å². The minimum Gasteiger partial charge on any atom is -0.493 e. The van der Waals surface area contributed by atoms with Crippen molar-refractivity contribution < 1.29 is 22.7 Å². The van der Waals surface area contributed by atoms with E-state index < -0.39 is 9.84 Å². The van der Waals surface area contributed by atoms with Gasteiger partial charge in [-0.2, -0.15) is 0 Å². The van der Waals surface area contributed by atoms with Gasteiger partial charge in [0.15, 0.2) is 21.3 Å². The normalized spacial score (nSPS) is 11.0. The maximum Gasteiger partial charge on any atom is 0.255 e. The number of rotatable bonds is 8. The third kappa shape index (κ3) is 6.05. The van der Waals surface area contributed by atoms with Crippen LogP contribution in [0.2, 0.25) is 0 Å². The molecule has 3 rings (SSSR count). The Hall–Kier alpha value is -3.39. The van der Waals surface area contributed by atoms with E-state index in [9.17, 15) is 13.2 Å². The highest BCUT2D eigenvalue weighted by molar-refractivity contribution is 7.89. The topological polar surface area (TPSA) is 94.6 Å². The summed E-state index contributed by atoms with van der Waals surface area (Å²) in [5.41, 5.74) is 2.55. The lowest BCUT2D eigenvalue weighted by molar-refractivity contribution is 0.102. The van der Waals surface area contributed by atoms with Crippen molar-refractivity contribution in [3.8, 4) is 11.5 Å². The summed E-state index contributed by atoms with van der Waals surface area (Å²) < 4.78 is 33.9. The van der Waals surface area contributed by atoms with Crippen LogP contribution in [0.15, 0.2) is 67.0 Å². The van der Waals surface area contributed by atoms with E-state index in [4.69, 9.17) is 9.47 Å². The molecule has 0 unspecified atom stereocenters. The Balaban J connectivity index is 1.70. The average molecular weight is 426 g/mol. The zero-order valence-corrected chi connectivity index (χ0v) is 17.5. The second-order valence-electron chi connectivity index (χ2n) is 6.73. The standard InChI is InChI=1S/C22H22N2O5S/c1-28-20-8-7-19(13-21(20)29-14-16-9-11-23-12-10-16)24-22(25)18-5-3-17(4-6-18)15-30(2,26)27/h3-13H,14-15H2,1-2H3,(H,24,25). The molecule has 0 saturated heterocycles.